The van der Waals surface area contributed by atoms with Crippen molar-refractivity contribution in [3.8, 4) is 0 Å². The molecule has 0 N–H and O–H groups in total. The van der Waals surface area contributed by atoms with Gasteiger partial charge in [-0.25, -0.2) is 0 Å². The Bertz CT molecular complexity index is 625. The van der Waals surface area contributed by atoms with E-state index in [1.165, 1.54) is 5.56 Å². The summed E-state index contributed by atoms with van der Waals surface area (Å²) < 4.78 is 0. The van der Waals surface area contributed by atoms with Crippen LogP contribution < -0.4 is 0 Å². The highest BCUT2D eigenvalue weighted by atomic mass is 16.2. The summed E-state index contributed by atoms with van der Waals surface area (Å²) in [4.78, 5) is 16.8. The smallest absolute Gasteiger partial charge is 0.254 e. The molecule has 0 unspecified atom stereocenters. The summed E-state index contributed by atoms with van der Waals surface area (Å²) in [7, 11) is 4.10. The maximum atomic E-state index is 12.8. The van der Waals surface area contributed by atoms with Gasteiger partial charge in [-0.1, -0.05) is 30.3 Å². The molecule has 112 valence electrons. The van der Waals surface area contributed by atoms with Crippen molar-refractivity contribution in [2.45, 2.75) is 20.4 Å². The largest absolute Gasteiger partial charge is 0.339 e. The topological polar surface area (TPSA) is 23.6 Å². The van der Waals surface area contributed by atoms with Crippen molar-refractivity contribution in [2.24, 2.45) is 0 Å². The van der Waals surface area contributed by atoms with Crippen LogP contribution in [0.1, 0.15) is 29.8 Å². The molecule has 21 heavy (non-hydrogen) atoms. The summed E-state index contributed by atoms with van der Waals surface area (Å²) in [5, 5.41) is 2.22. The van der Waals surface area contributed by atoms with Gasteiger partial charge in [0.2, 0.25) is 0 Å². The fourth-order valence-corrected chi connectivity index (χ4v) is 2.75. The zero-order valence-electron chi connectivity index (χ0n) is 13.4. The summed E-state index contributed by atoms with van der Waals surface area (Å²) in [6.07, 6.45) is 0. The first-order chi connectivity index (χ1) is 10.1. The van der Waals surface area contributed by atoms with E-state index in [1.54, 1.807) is 0 Å². The maximum absolute atomic E-state index is 12.8. The summed E-state index contributed by atoms with van der Waals surface area (Å²) in [5.74, 6) is 0.122. The molecule has 0 aromatic heterocycles. The van der Waals surface area contributed by atoms with Crippen LogP contribution in [0.5, 0.6) is 0 Å². The second kappa shape index (κ2) is 6.72. The average molecular weight is 284 g/mol. The number of carbonyl (C=O) groups is 1. The molecular formula is C18H24N2O. The third-order valence-corrected chi connectivity index (χ3v) is 3.76. The molecule has 0 radical (unpaired) electrons. The van der Waals surface area contributed by atoms with Gasteiger partial charge < -0.3 is 9.80 Å². The van der Waals surface area contributed by atoms with Crippen molar-refractivity contribution in [1.82, 2.24) is 9.80 Å². The average Bonchev–Trinajstić information content (AvgIpc) is 2.47. The highest BCUT2D eigenvalue weighted by Gasteiger charge is 2.17. The Morgan fingerprint density at radius 1 is 1.00 bits per heavy atom. The second-order valence-electron chi connectivity index (χ2n) is 5.54. The molecule has 2 rings (SSSR count). The molecule has 1 amide bonds. The van der Waals surface area contributed by atoms with Gasteiger partial charge in [0.15, 0.2) is 0 Å². The molecule has 3 nitrogen and oxygen atoms in total. The van der Waals surface area contributed by atoms with E-state index in [4.69, 9.17) is 0 Å². The molecule has 0 heterocycles. The Kier molecular flexibility index (Phi) is 4.97. The first-order valence-corrected chi connectivity index (χ1v) is 7.53. The number of hydrogen-bond donors (Lipinski definition) is 0. The standard InChI is InChI=1S/C18H24N2O/c1-5-20(6-2)18(21)16-12-8-10-14-9-7-11-15(17(14)16)13-19(3)4/h7-12H,5-6,13H2,1-4H3. The zero-order valence-corrected chi connectivity index (χ0v) is 13.4. The lowest BCUT2D eigenvalue weighted by atomic mass is 9.98. The van der Waals surface area contributed by atoms with E-state index in [0.717, 1.165) is 36.0 Å². The first kappa shape index (κ1) is 15.5. The van der Waals surface area contributed by atoms with E-state index >= 15 is 0 Å². The number of amides is 1. The number of hydrogen-bond acceptors (Lipinski definition) is 2. The Morgan fingerprint density at radius 3 is 2.19 bits per heavy atom. The van der Waals surface area contributed by atoms with Crippen molar-refractivity contribution in [1.29, 1.82) is 0 Å². The van der Waals surface area contributed by atoms with E-state index < -0.39 is 0 Å². The van der Waals surface area contributed by atoms with Crippen LogP contribution >= 0.6 is 0 Å². The SMILES string of the molecule is CCN(CC)C(=O)c1cccc2cccc(CN(C)C)c12. The van der Waals surface area contributed by atoms with E-state index in [9.17, 15) is 4.79 Å². The van der Waals surface area contributed by atoms with Crippen molar-refractivity contribution in [3.63, 3.8) is 0 Å². The third-order valence-electron chi connectivity index (χ3n) is 3.76. The van der Waals surface area contributed by atoms with Crippen LogP contribution in [0.4, 0.5) is 0 Å². The van der Waals surface area contributed by atoms with Crippen LogP contribution in [-0.2, 0) is 6.54 Å². The van der Waals surface area contributed by atoms with Gasteiger partial charge in [0.25, 0.3) is 5.91 Å². The van der Waals surface area contributed by atoms with Crippen molar-refractivity contribution < 1.29 is 4.79 Å². The minimum Gasteiger partial charge on any atom is -0.339 e. The van der Waals surface area contributed by atoms with E-state index in [2.05, 4.69) is 29.2 Å². The highest BCUT2D eigenvalue weighted by molar-refractivity contribution is 6.08. The second-order valence-corrected chi connectivity index (χ2v) is 5.54. The number of carbonyl (C=O) groups excluding carboxylic acids is 1. The predicted molar refractivity (Wildman–Crippen MR) is 88.6 cm³/mol. The molecule has 0 aliphatic rings. The van der Waals surface area contributed by atoms with Crippen LogP contribution in [-0.4, -0.2) is 42.9 Å². The molecule has 0 aliphatic carbocycles. The van der Waals surface area contributed by atoms with Crippen LogP contribution in [0.2, 0.25) is 0 Å². The van der Waals surface area contributed by atoms with Gasteiger partial charge in [0.1, 0.15) is 0 Å². The number of rotatable bonds is 5. The Morgan fingerprint density at radius 2 is 1.62 bits per heavy atom. The molecule has 0 fully saturated rings. The van der Waals surface area contributed by atoms with Crippen LogP contribution in [0.15, 0.2) is 36.4 Å². The Labute approximate surface area is 127 Å². The van der Waals surface area contributed by atoms with Crippen molar-refractivity contribution >= 4 is 16.7 Å². The van der Waals surface area contributed by atoms with Gasteiger partial charge in [-0.15, -0.1) is 0 Å². The fraction of sp³-hybridized carbons (Fsp3) is 0.389. The Balaban J connectivity index is 2.60. The molecule has 0 aliphatic heterocycles. The molecule has 0 saturated heterocycles. The highest BCUT2D eigenvalue weighted by Crippen LogP contribution is 2.25. The summed E-state index contributed by atoms with van der Waals surface area (Å²) >= 11 is 0. The molecule has 0 atom stereocenters. The molecule has 0 saturated carbocycles. The van der Waals surface area contributed by atoms with Crippen molar-refractivity contribution in [2.75, 3.05) is 27.2 Å². The summed E-state index contributed by atoms with van der Waals surface area (Å²) in [5.41, 5.74) is 2.02. The van der Waals surface area contributed by atoms with E-state index in [1.807, 2.05) is 45.0 Å². The van der Waals surface area contributed by atoms with E-state index in [-0.39, 0.29) is 5.91 Å². The molecule has 0 bridgehead atoms. The number of fused-ring (bicyclic) bond motifs is 1. The zero-order chi connectivity index (χ0) is 15.4. The Hall–Kier alpha value is -1.87. The van der Waals surface area contributed by atoms with Crippen LogP contribution in [0.25, 0.3) is 10.8 Å². The van der Waals surface area contributed by atoms with Crippen LogP contribution in [0, 0.1) is 0 Å². The van der Waals surface area contributed by atoms with E-state index in [0.29, 0.717) is 0 Å². The molecule has 3 heteroatoms. The monoisotopic (exact) mass is 284 g/mol. The third kappa shape index (κ3) is 3.24. The van der Waals surface area contributed by atoms with Gasteiger partial charge in [0, 0.05) is 25.2 Å². The molecule has 0 spiro atoms. The van der Waals surface area contributed by atoms with Gasteiger partial charge in [-0.2, -0.15) is 0 Å². The van der Waals surface area contributed by atoms with Gasteiger partial charge in [-0.05, 0) is 50.3 Å². The first-order valence-electron chi connectivity index (χ1n) is 7.53. The number of benzene rings is 2. The lowest BCUT2D eigenvalue weighted by Crippen LogP contribution is -2.30. The molecule has 2 aromatic rings. The quantitative estimate of drug-likeness (QED) is 0.840. The lowest BCUT2D eigenvalue weighted by Gasteiger charge is -2.21. The lowest BCUT2D eigenvalue weighted by molar-refractivity contribution is 0.0775. The van der Waals surface area contributed by atoms with Gasteiger partial charge in [-0.3, -0.25) is 4.79 Å². The minimum absolute atomic E-state index is 0.122. The summed E-state index contributed by atoms with van der Waals surface area (Å²) in [6.45, 7) is 6.35. The predicted octanol–water partition coefficient (Wildman–Crippen LogP) is 3.38. The van der Waals surface area contributed by atoms with Crippen molar-refractivity contribution in [3.05, 3.63) is 47.5 Å². The van der Waals surface area contributed by atoms with Crippen LogP contribution in [0.3, 0.4) is 0 Å². The molecular weight excluding hydrogens is 260 g/mol. The molecule has 2 aromatic carbocycles. The fourth-order valence-electron chi connectivity index (χ4n) is 2.75. The minimum atomic E-state index is 0.122. The van der Waals surface area contributed by atoms with Gasteiger partial charge in [0.05, 0.1) is 0 Å². The normalized spacial score (nSPS) is 11.1. The van der Waals surface area contributed by atoms with Gasteiger partial charge >= 0.3 is 0 Å². The maximum Gasteiger partial charge on any atom is 0.254 e. The number of nitrogens with zero attached hydrogens (tertiary/aromatic N) is 2. The summed E-state index contributed by atoms with van der Waals surface area (Å²) in [6, 6.07) is 12.2.